The predicted octanol–water partition coefficient (Wildman–Crippen LogP) is 14.8. The van der Waals surface area contributed by atoms with Gasteiger partial charge in [0.15, 0.2) is 24.4 Å². The first-order chi connectivity index (χ1) is 50.6. The third-order valence-corrected chi connectivity index (χ3v) is 30.4. The SMILES string of the molecule is C=C(C)C(=O)OC12CC3CC(CC(C3)C1CC)C2.C=C(C)C(=O)OC12CC3CC(CC(O)(C3)C1)C2.C=C(C)C(=O)OC1C2CC3C(=O)OC1C3O2.CCC(C)(C)C(=O)OC12CC3CC(CC(O)(C3)C1)C2.CCC(C)(C)C(=O)OC1C2CC3C(=O)OC1C3O2.CCC1C2CC3CC(C2)CC1(OC(=O)C(C)(C)CC)C3. The molecule has 0 aromatic rings. The van der Waals surface area contributed by atoms with E-state index < -0.39 is 58.0 Å². The van der Waals surface area contributed by atoms with Gasteiger partial charge in [-0.1, -0.05) is 54.4 Å². The smallest absolute Gasteiger partial charge is 0.333 e. The molecule has 6 aliphatic heterocycles. The Labute approximate surface area is 641 Å². The van der Waals surface area contributed by atoms with Gasteiger partial charge >= 0.3 is 47.8 Å². The molecule has 16 saturated carbocycles. The van der Waals surface area contributed by atoms with Crippen LogP contribution in [-0.4, -0.2) is 140 Å². The summed E-state index contributed by atoms with van der Waals surface area (Å²) in [5.41, 5.74) is -2.04. The van der Waals surface area contributed by atoms with Gasteiger partial charge in [0.2, 0.25) is 0 Å². The average Bonchev–Trinajstić information content (AvgIpc) is 1.16. The molecule has 602 valence electrons. The molecule has 20 unspecified atom stereocenters. The van der Waals surface area contributed by atoms with E-state index in [0.717, 1.165) is 132 Å². The van der Waals surface area contributed by atoms with Gasteiger partial charge in [0.25, 0.3) is 0 Å². The Kier molecular flexibility index (Phi) is 22.2. The average molecular weight is 1510 g/mol. The predicted molar refractivity (Wildman–Crippen MR) is 399 cm³/mol. The van der Waals surface area contributed by atoms with Gasteiger partial charge in [0.05, 0.1) is 51.5 Å². The highest BCUT2D eigenvalue weighted by atomic mass is 16.7. The van der Waals surface area contributed by atoms with Crippen molar-refractivity contribution in [1.29, 1.82) is 0 Å². The molecule has 6 heterocycles. The minimum atomic E-state index is -0.570. The molecule has 6 saturated heterocycles. The molecule has 20 nitrogen and oxygen atoms in total. The molecule has 16 aliphatic carbocycles. The zero-order chi connectivity index (χ0) is 78.1. The highest BCUT2D eigenvalue weighted by Crippen LogP contribution is 2.65. The Bertz CT molecular complexity index is 3470. The zero-order valence-corrected chi connectivity index (χ0v) is 67.6. The second-order valence-corrected chi connectivity index (χ2v) is 40.2. The van der Waals surface area contributed by atoms with E-state index in [4.69, 9.17) is 47.4 Å². The van der Waals surface area contributed by atoms with Crippen molar-refractivity contribution in [1.82, 2.24) is 0 Å². The standard InChI is InChI=1S/C18H30O2.C16H26O3.C16H24O2.C14H20O3.C13H18O5.C11H12O5/c1-5-15-14-8-12-7-13(9-14)11-18(15,10-12)20-16(19)17(3,4)6-2;1-4-14(2,3)13(17)19-16-8-11-5-12(9-16)7-15(18,6-11)10-16;1-4-14-13-6-11-5-12(7-13)9-16(14,8-11)18-15(17)10(2)3;1-9(2)12(15)17-14-6-10-3-11(7-14)5-13(16,4-10)8-14;1-4-13(2,3)12(15)18-9-7-5-6-8(16-7)10(9)17-11(6)14;1-4(2)10(12)15-8-6-3-5-7(14-6)9(8)16-11(5)13/h12-15H,5-11H2,1-4H3;11-12,18H,4-10H2,1-3H3;11-14H,2,4-9H2,1,3H3;10-11,16H,1,3-8H2,2H3;6-10H,4-5H2,1-3H3;5-9H,1,3H2,2H3. The number of hydrogen-bond donors (Lipinski definition) is 2. The molecule has 0 spiro atoms. The van der Waals surface area contributed by atoms with Crippen LogP contribution in [-0.2, 0) is 85.7 Å². The lowest BCUT2D eigenvalue weighted by molar-refractivity contribution is -0.225. The van der Waals surface area contributed by atoms with Crippen LogP contribution in [0.5, 0.6) is 0 Å². The summed E-state index contributed by atoms with van der Waals surface area (Å²) >= 11 is 0. The van der Waals surface area contributed by atoms with E-state index in [1.54, 1.807) is 20.8 Å². The van der Waals surface area contributed by atoms with Gasteiger partial charge in [-0.2, -0.15) is 0 Å². The summed E-state index contributed by atoms with van der Waals surface area (Å²) in [6.07, 6.45) is 27.4. The minimum Gasteiger partial charge on any atom is -0.459 e. The van der Waals surface area contributed by atoms with E-state index in [0.29, 0.717) is 84.3 Å². The number of hydrogen-bond acceptors (Lipinski definition) is 20. The van der Waals surface area contributed by atoms with Crippen LogP contribution in [0.1, 0.15) is 283 Å². The van der Waals surface area contributed by atoms with E-state index in [9.17, 15) is 48.6 Å². The fraction of sp³-hybridized carbons (Fsp3) is 0.841. The molecule has 20 atom stereocenters. The van der Waals surface area contributed by atoms with Crippen LogP contribution in [0.2, 0.25) is 0 Å². The van der Waals surface area contributed by atoms with Crippen molar-refractivity contribution < 1.29 is 95.9 Å². The molecule has 0 amide bonds. The highest BCUT2D eigenvalue weighted by Gasteiger charge is 2.68. The lowest BCUT2D eigenvalue weighted by Crippen LogP contribution is -2.61. The van der Waals surface area contributed by atoms with Crippen molar-refractivity contribution in [2.24, 2.45) is 99.1 Å². The molecule has 22 rings (SSSR count). The minimum absolute atomic E-state index is 0.0420. The van der Waals surface area contributed by atoms with Gasteiger partial charge in [-0.25, -0.2) is 14.4 Å². The molecule has 0 radical (unpaired) electrons. The Morgan fingerprint density at radius 3 is 1.10 bits per heavy atom. The molecule has 20 heteroatoms. The Morgan fingerprint density at radius 1 is 0.407 bits per heavy atom. The van der Waals surface area contributed by atoms with Gasteiger partial charge in [0.1, 0.15) is 34.6 Å². The molecular formula is C88H130O20. The van der Waals surface area contributed by atoms with E-state index in [1.165, 1.54) is 57.8 Å². The molecular weight excluding hydrogens is 1380 g/mol. The summed E-state index contributed by atoms with van der Waals surface area (Å²) in [5, 5.41) is 21.2. The first-order valence-corrected chi connectivity index (χ1v) is 42.1. The second kappa shape index (κ2) is 29.7. The molecule has 2 N–H and O–H groups in total. The number of fused-ring (bicyclic) bond motifs is 2. The van der Waals surface area contributed by atoms with Gasteiger partial charge in [-0.05, 0) is 295 Å². The summed E-state index contributed by atoms with van der Waals surface area (Å²) in [6, 6.07) is 0. The number of carbonyl (C=O) groups excluding carboxylic acids is 8. The first-order valence-electron chi connectivity index (χ1n) is 42.1. The van der Waals surface area contributed by atoms with Crippen molar-refractivity contribution >= 4 is 47.8 Å². The number of rotatable bonds is 17. The maximum atomic E-state index is 12.6. The summed E-state index contributed by atoms with van der Waals surface area (Å²) < 4.78 is 56.3. The second-order valence-electron chi connectivity index (χ2n) is 40.2. The molecule has 22 aliphatic rings. The number of ether oxygens (including phenoxy) is 10. The fourth-order valence-corrected chi connectivity index (χ4v) is 25.3. The third kappa shape index (κ3) is 15.6. The summed E-state index contributed by atoms with van der Waals surface area (Å²) in [4.78, 5) is 95.1. The van der Waals surface area contributed by atoms with Crippen LogP contribution in [0.25, 0.3) is 0 Å². The normalized spacial score (nSPS) is 43.9. The first kappa shape index (κ1) is 80.9. The van der Waals surface area contributed by atoms with Gasteiger partial charge in [-0.3, -0.25) is 24.0 Å². The van der Waals surface area contributed by atoms with E-state index in [-0.39, 0.29) is 100 Å². The number of aliphatic hydroxyl groups is 2. The van der Waals surface area contributed by atoms with Crippen LogP contribution >= 0.6 is 0 Å². The Balaban J connectivity index is 0.000000114. The number of carbonyl (C=O) groups is 8. The number of esters is 8. The quantitative estimate of drug-likeness (QED) is 0.0778. The molecule has 22 fully saturated rings. The van der Waals surface area contributed by atoms with Crippen molar-refractivity contribution in [2.45, 2.75) is 366 Å². The van der Waals surface area contributed by atoms with E-state index in [2.05, 4.69) is 40.5 Å². The van der Waals surface area contributed by atoms with Crippen LogP contribution in [0, 0.1) is 99.1 Å². The molecule has 108 heavy (non-hydrogen) atoms. The van der Waals surface area contributed by atoms with E-state index >= 15 is 0 Å². The Morgan fingerprint density at radius 2 is 0.741 bits per heavy atom. The molecule has 20 bridgehead atoms. The van der Waals surface area contributed by atoms with Gasteiger partial charge in [-0.15, -0.1) is 0 Å². The van der Waals surface area contributed by atoms with Crippen LogP contribution in [0.3, 0.4) is 0 Å². The molecule has 0 aromatic heterocycles. The van der Waals surface area contributed by atoms with Crippen molar-refractivity contribution in [3.63, 3.8) is 0 Å². The largest absolute Gasteiger partial charge is 0.459 e. The maximum absolute atomic E-state index is 12.6. The summed E-state index contributed by atoms with van der Waals surface area (Å²) in [6.45, 7) is 38.1. The van der Waals surface area contributed by atoms with E-state index in [1.807, 2.05) is 55.4 Å². The highest BCUT2D eigenvalue weighted by molar-refractivity contribution is 5.88. The Hall–Kier alpha value is -5.18. The third-order valence-electron chi connectivity index (χ3n) is 30.4. The van der Waals surface area contributed by atoms with Gasteiger partial charge in [0, 0.05) is 41.4 Å². The van der Waals surface area contributed by atoms with Crippen molar-refractivity contribution in [2.75, 3.05) is 0 Å². The fourth-order valence-electron chi connectivity index (χ4n) is 25.3. The zero-order valence-electron chi connectivity index (χ0n) is 67.6. The van der Waals surface area contributed by atoms with Crippen molar-refractivity contribution in [3.05, 3.63) is 36.5 Å². The molecule has 0 aromatic carbocycles. The lowest BCUT2D eigenvalue weighted by Gasteiger charge is -2.60. The summed E-state index contributed by atoms with van der Waals surface area (Å²) in [5.74, 6) is 6.36. The van der Waals surface area contributed by atoms with Crippen LogP contribution in [0.15, 0.2) is 36.5 Å². The monoisotopic (exact) mass is 1510 g/mol. The van der Waals surface area contributed by atoms with Crippen LogP contribution < -0.4 is 0 Å². The topological polar surface area (TPSA) is 269 Å². The van der Waals surface area contributed by atoms with Crippen LogP contribution in [0.4, 0.5) is 0 Å². The van der Waals surface area contributed by atoms with Crippen molar-refractivity contribution in [3.8, 4) is 0 Å². The van der Waals surface area contributed by atoms with Gasteiger partial charge < -0.3 is 57.6 Å². The maximum Gasteiger partial charge on any atom is 0.333 e. The lowest BCUT2D eigenvalue weighted by atomic mass is 9.49. The summed E-state index contributed by atoms with van der Waals surface area (Å²) in [7, 11) is 0.